The van der Waals surface area contributed by atoms with E-state index < -0.39 is 10.0 Å². The number of sulfonamides is 1. The molecule has 6 nitrogen and oxygen atoms in total. The number of carbonyl (C=O) groups excluding carboxylic acids is 1. The van der Waals surface area contributed by atoms with Gasteiger partial charge in [-0.25, -0.2) is 13.4 Å². The van der Waals surface area contributed by atoms with Crippen molar-refractivity contribution in [1.82, 2.24) is 14.2 Å². The highest BCUT2D eigenvalue weighted by Crippen LogP contribution is 2.28. The average Bonchev–Trinajstić information content (AvgIpc) is 3.12. The molecule has 0 radical (unpaired) electrons. The third kappa shape index (κ3) is 4.23. The molecule has 146 valence electrons. The fourth-order valence-corrected chi connectivity index (χ4v) is 5.23. The molecule has 1 fully saturated rings. The van der Waals surface area contributed by atoms with Crippen molar-refractivity contribution in [2.75, 3.05) is 26.2 Å². The molecule has 0 atom stereocenters. The molecule has 0 spiro atoms. The Labute approximate surface area is 164 Å². The van der Waals surface area contributed by atoms with Crippen LogP contribution in [-0.4, -0.2) is 54.7 Å². The zero-order valence-corrected chi connectivity index (χ0v) is 17.7. The number of thiazole rings is 1. The molecule has 0 bridgehead atoms. The van der Waals surface area contributed by atoms with Crippen LogP contribution in [0.3, 0.4) is 0 Å². The van der Waals surface area contributed by atoms with Crippen molar-refractivity contribution in [3.05, 3.63) is 45.9 Å². The van der Waals surface area contributed by atoms with E-state index in [1.165, 1.54) is 15.6 Å². The zero-order valence-electron chi connectivity index (χ0n) is 16.1. The Hall–Kier alpha value is -1.77. The summed E-state index contributed by atoms with van der Waals surface area (Å²) >= 11 is 1.41. The molecular weight excluding hydrogens is 382 g/mol. The first kappa shape index (κ1) is 20.0. The maximum Gasteiger partial charge on any atom is 0.265 e. The van der Waals surface area contributed by atoms with E-state index in [-0.39, 0.29) is 11.3 Å². The highest BCUT2D eigenvalue weighted by Gasteiger charge is 2.31. The molecule has 1 aromatic carbocycles. The fraction of sp³-hybridized carbons (Fsp3) is 0.474. The number of aryl methyl sites for hydroxylation is 1. The number of benzene rings is 1. The summed E-state index contributed by atoms with van der Waals surface area (Å²) in [5, 5.41) is 0.923. The molecule has 1 aromatic heterocycles. The Morgan fingerprint density at radius 3 is 2.19 bits per heavy atom. The highest BCUT2D eigenvalue weighted by atomic mass is 32.2. The van der Waals surface area contributed by atoms with Gasteiger partial charge in [-0.05, 0) is 19.1 Å². The van der Waals surface area contributed by atoms with Crippen LogP contribution in [-0.2, 0) is 15.4 Å². The van der Waals surface area contributed by atoms with Gasteiger partial charge in [0.1, 0.15) is 4.88 Å². The number of amides is 1. The summed E-state index contributed by atoms with van der Waals surface area (Å²) in [6.45, 7) is 9.47. The van der Waals surface area contributed by atoms with Crippen molar-refractivity contribution in [1.29, 1.82) is 0 Å². The maximum atomic E-state index is 12.8. The maximum absolute atomic E-state index is 12.8. The van der Waals surface area contributed by atoms with Gasteiger partial charge < -0.3 is 4.90 Å². The van der Waals surface area contributed by atoms with E-state index in [0.29, 0.717) is 36.0 Å². The molecular formula is C19H25N3O3S2. The molecule has 8 heteroatoms. The number of carbonyl (C=O) groups is 1. The number of hydrogen-bond donors (Lipinski definition) is 0. The fourth-order valence-electron chi connectivity index (χ4n) is 2.87. The van der Waals surface area contributed by atoms with Crippen LogP contribution < -0.4 is 0 Å². The van der Waals surface area contributed by atoms with Gasteiger partial charge >= 0.3 is 0 Å². The largest absolute Gasteiger partial charge is 0.335 e. The Morgan fingerprint density at radius 2 is 1.67 bits per heavy atom. The van der Waals surface area contributed by atoms with Crippen molar-refractivity contribution < 1.29 is 13.2 Å². The van der Waals surface area contributed by atoms with Crippen LogP contribution in [0.15, 0.2) is 35.4 Å². The van der Waals surface area contributed by atoms with Gasteiger partial charge in [-0.2, -0.15) is 4.31 Å². The normalized spacial score (nSPS) is 16.5. The lowest BCUT2D eigenvalue weighted by Gasteiger charge is -2.33. The quantitative estimate of drug-likeness (QED) is 0.784. The van der Waals surface area contributed by atoms with E-state index in [2.05, 4.69) is 25.8 Å². The van der Waals surface area contributed by atoms with Crippen molar-refractivity contribution in [3.8, 4) is 0 Å². The van der Waals surface area contributed by atoms with Crippen LogP contribution in [0.25, 0.3) is 0 Å². The van der Waals surface area contributed by atoms with Gasteiger partial charge in [0.15, 0.2) is 0 Å². The molecule has 3 rings (SSSR count). The summed E-state index contributed by atoms with van der Waals surface area (Å²) in [7, 11) is -3.52. The van der Waals surface area contributed by atoms with Gasteiger partial charge in [-0.1, -0.05) is 38.5 Å². The van der Waals surface area contributed by atoms with Crippen molar-refractivity contribution >= 4 is 27.3 Å². The summed E-state index contributed by atoms with van der Waals surface area (Å²) in [4.78, 5) is 19.7. The first-order chi connectivity index (χ1) is 12.6. The molecule has 2 heterocycles. The van der Waals surface area contributed by atoms with Crippen LogP contribution in [0.1, 0.15) is 41.0 Å². The van der Waals surface area contributed by atoms with Gasteiger partial charge in [-0.3, -0.25) is 4.79 Å². The van der Waals surface area contributed by atoms with Crippen LogP contribution >= 0.6 is 11.3 Å². The Bertz CT molecular complexity index is 920. The lowest BCUT2D eigenvalue weighted by atomic mass is 9.98. The standard InChI is InChI=1S/C19H25N3O3S2/c1-14-5-7-15(8-6-14)27(24,25)22-11-9-21(10-12-22)17(23)16-13-20-18(26-16)19(2,3)4/h5-8,13H,9-12H2,1-4H3. The molecule has 0 saturated carbocycles. The molecule has 27 heavy (non-hydrogen) atoms. The minimum atomic E-state index is -3.52. The number of rotatable bonds is 3. The van der Waals surface area contributed by atoms with Crippen molar-refractivity contribution in [2.45, 2.75) is 38.0 Å². The van der Waals surface area contributed by atoms with Crippen LogP contribution in [0.4, 0.5) is 0 Å². The number of nitrogens with zero attached hydrogens (tertiary/aromatic N) is 3. The smallest absolute Gasteiger partial charge is 0.265 e. The van der Waals surface area contributed by atoms with Gasteiger partial charge in [0.25, 0.3) is 5.91 Å². The van der Waals surface area contributed by atoms with Crippen LogP contribution in [0.5, 0.6) is 0 Å². The first-order valence-electron chi connectivity index (χ1n) is 8.91. The summed E-state index contributed by atoms with van der Waals surface area (Å²) in [6, 6.07) is 6.85. The van der Waals surface area contributed by atoms with Crippen molar-refractivity contribution in [2.24, 2.45) is 0 Å². The summed E-state index contributed by atoms with van der Waals surface area (Å²) < 4.78 is 27.0. The Balaban J connectivity index is 1.67. The number of aromatic nitrogens is 1. The van der Waals surface area contributed by atoms with Gasteiger partial charge in [0, 0.05) is 31.6 Å². The van der Waals surface area contributed by atoms with Crippen molar-refractivity contribution in [3.63, 3.8) is 0 Å². The molecule has 1 aliphatic heterocycles. The number of piperazine rings is 1. The predicted molar refractivity (Wildman–Crippen MR) is 107 cm³/mol. The van der Waals surface area contributed by atoms with E-state index in [1.807, 2.05) is 6.92 Å². The van der Waals surface area contributed by atoms with Gasteiger partial charge in [-0.15, -0.1) is 11.3 Å². The highest BCUT2D eigenvalue weighted by molar-refractivity contribution is 7.89. The number of hydrogen-bond acceptors (Lipinski definition) is 5. The molecule has 0 N–H and O–H groups in total. The predicted octanol–water partition coefficient (Wildman–Crippen LogP) is 2.90. The van der Waals surface area contributed by atoms with Gasteiger partial charge in [0.05, 0.1) is 16.1 Å². The minimum absolute atomic E-state index is 0.0737. The van der Waals surface area contributed by atoms with E-state index >= 15 is 0 Å². The molecule has 0 aliphatic carbocycles. The van der Waals surface area contributed by atoms with Crippen LogP contribution in [0, 0.1) is 6.92 Å². The SMILES string of the molecule is Cc1ccc(S(=O)(=O)N2CCN(C(=O)c3cnc(C(C)(C)C)s3)CC2)cc1. The van der Waals surface area contributed by atoms with E-state index in [0.717, 1.165) is 10.6 Å². The monoisotopic (exact) mass is 407 g/mol. The van der Waals surface area contributed by atoms with E-state index in [9.17, 15) is 13.2 Å². The second-order valence-corrected chi connectivity index (χ2v) is 10.8. The second kappa shape index (κ2) is 7.33. The lowest BCUT2D eigenvalue weighted by molar-refractivity contribution is 0.0702. The zero-order chi connectivity index (χ0) is 19.8. The average molecular weight is 408 g/mol. The second-order valence-electron chi connectivity index (χ2n) is 7.79. The summed E-state index contributed by atoms with van der Waals surface area (Å²) in [5.41, 5.74) is 0.924. The third-order valence-electron chi connectivity index (χ3n) is 4.54. The molecule has 2 aromatic rings. The van der Waals surface area contributed by atoms with Crippen LogP contribution in [0.2, 0.25) is 0 Å². The third-order valence-corrected chi connectivity index (χ3v) is 7.87. The lowest BCUT2D eigenvalue weighted by Crippen LogP contribution is -2.50. The van der Waals surface area contributed by atoms with E-state index in [1.54, 1.807) is 35.4 Å². The summed E-state index contributed by atoms with van der Waals surface area (Å²) in [5.74, 6) is -0.0737. The molecule has 1 saturated heterocycles. The molecule has 1 amide bonds. The molecule has 1 aliphatic rings. The molecule has 0 unspecified atom stereocenters. The minimum Gasteiger partial charge on any atom is -0.335 e. The van der Waals surface area contributed by atoms with E-state index in [4.69, 9.17) is 0 Å². The summed E-state index contributed by atoms with van der Waals surface area (Å²) in [6.07, 6.45) is 1.63. The Morgan fingerprint density at radius 1 is 1.07 bits per heavy atom. The van der Waals surface area contributed by atoms with Gasteiger partial charge in [0.2, 0.25) is 10.0 Å². The Kier molecular flexibility index (Phi) is 5.42. The first-order valence-corrected chi connectivity index (χ1v) is 11.2. The topological polar surface area (TPSA) is 70.6 Å².